The van der Waals surface area contributed by atoms with E-state index < -0.39 is 0 Å². The van der Waals surface area contributed by atoms with E-state index in [1.54, 1.807) is 0 Å². The molecular formula is C58H40N4. The van der Waals surface area contributed by atoms with Crippen molar-refractivity contribution in [3.63, 3.8) is 0 Å². The Bertz CT molecular complexity index is 3310. The molecule has 0 spiro atoms. The highest BCUT2D eigenvalue weighted by Gasteiger charge is 2.35. The SMILES string of the molecule is C1=CCC2C(=C1)N(c1cccc(-c3ccc4c5ccccc5n(-c5ccccc5)c4c3)c1)c1cc(-c3ccc(-c4nc(-c5ccccc5)cc(-c5ccccc5)n4)cc3)ccc12. The van der Waals surface area contributed by atoms with E-state index in [1.165, 1.54) is 55.4 Å². The minimum atomic E-state index is 0.306. The lowest BCUT2D eigenvalue weighted by molar-refractivity contribution is 0.819. The van der Waals surface area contributed by atoms with E-state index in [0.29, 0.717) is 11.7 Å². The van der Waals surface area contributed by atoms with Crippen LogP contribution in [0.1, 0.15) is 17.9 Å². The Kier molecular flexibility index (Phi) is 8.60. The number of hydrogen-bond donors (Lipinski definition) is 0. The van der Waals surface area contributed by atoms with E-state index in [2.05, 4.69) is 222 Å². The zero-order valence-electron chi connectivity index (χ0n) is 33.9. The molecule has 0 N–H and O–H groups in total. The van der Waals surface area contributed by atoms with Crippen molar-refractivity contribution >= 4 is 33.2 Å². The monoisotopic (exact) mass is 792 g/mol. The summed E-state index contributed by atoms with van der Waals surface area (Å²) in [7, 11) is 0. The van der Waals surface area contributed by atoms with Gasteiger partial charge < -0.3 is 9.47 Å². The summed E-state index contributed by atoms with van der Waals surface area (Å²) in [4.78, 5) is 12.6. The van der Waals surface area contributed by atoms with Crippen molar-refractivity contribution in [2.24, 2.45) is 0 Å². The Hall–Kier alpha value is -8.08. The maximum Gasteiger partial charge on any atom is 0.160 e. The van der Waals surface area contributed by atoms with Crippen LogP contribution in [0.25, 0.3) is 83.6 Å². The van der Waals surface area contributed by atoms with Crippen molar-refractivity contribution in [1.82, 2.24) is 14.5 Å². The van der Waals surface area contributed by atoms with Crippen LogP contribution < -0.4 is 4.90 Å². The first-order chi connectivity index (χ1) is 30.7. The third kappa shape index (κ3) is 6.15. The molecule has 4 heteroatoms. The van der Waals surface area contributed by atoms with Crippen LogP contribution in [-0.2, 0) is 0 Å². The van der Waals surface area contributed by atoms with Gasteiger partial charge in [0.05, 0.1) is 28.1 Å². The topological polar surface area (TPSA) is 34.0 Å². The summed E-state index contributed by atoms with van der Waals surface area (Å²) in [5, 5.41) is 2.52. The van der Waals surface area contributed by atoms with Crippen LogP contribution in [0.4, 0.5) is 11.4 Å². The summed E-state index contributed by atoms with van der Waals surface area (Å²) in [5.41, 5.74) is 18.3. The summed E-state index contributed by atoms with van der Waals surface area (Å²) in [6.45, 7) is 0. The number of rotatable bonds is 7. The molecule has 0 saturated carbocycles. The fraction of sp³-hybridized carbons (Fsp3) is 0.0345. The quantitative estimate of drug-likeness (QED) is 0.161. The van der Waals surface area contributed by atoms with Gasteiger partial charge in [-0.05, 0) is 88.8 Å². The molecule has 62 heavy (non-hydrogen) atoms. The van der Waals surface area contributed by atoms with Gasteiger partial charge in [0.25, 0.3) is 0 Å². The highest BCUT2D eigenvalue weighted by Crippen LogP contribution is 2.52. The Morgan fingerprint density at radius 2 is 1.00 bits per heavy atom. The second-order valence-electron chi connectivity index (χ2n) is 16.2. The Morgan fingerprint density at radius 1 is 0.419 bits per heavy atom. The summed E-state index contributed by atoms with van der Waals surface area (Å²) >= 11 is 0. The molecule has 2 aliphatic rings. The van der Waals surface area contributed by atoms with E-state index in [4.69, 9.17) is 9.97 Å². The predicted octanol–water partition coefficient (Wildman–Crippen LogP) is 15.0. The molecule has 292 valence electrons. The van der Waals surface area contributed by atoms with E-state index in [9.17, 15) is 0 Å². The Morgan fingerprint density at radius 3 is 1.76 bits per heavy atom. The van der Waals surface area contributed by atoms with Gasteiger partial charge in [0.1, 0.15) is 0 Å². The maximum atomic E-state index is 5.07. The van der Waals surface area contributed by atoms with Gasteiger partial charge in [-0.3, -0.25) is 0 Å². The molecule has 10 aromatic rings. The third-order valence-corrected chi connectivity index (χ3v) is 12.5. The fourth-order valence-corrected chi connectivity index (χ4v) is 9.51. The molecule has 3 heterocycles. The number of aromatic nitrogens is 3. The van der Waals surface area contributed by atoms with Crippen molar-refractivity contribution in [3.8, 4) is 61.8 Å². The lowest BCUT2D eigenvalue weighted by atomic mass is 9.91. The van der Waals surface area contributed by atoms with Crippen LogP contribution in [-0.4, -0.2) is 14.5 Å². The van der Waals surface area contributed by atoms with Gasteiger partial charge in [-0.2, -0.15) is 0 Å². The second kappa shape index (κ2) is 14.9. The van der Waals surface area contributed by atoms with Crippen molar-refractivity contribution in [2.45, 2.75) is 12.3 Å². The van der Waals surface area contributed by atoms with E-state index >= 15 is 0 Å². The molecule has 1 unspecified atom stereocenters. The average molecular weight is 793 g/mol. The Balaban J connectivity index is 0.914. The van der Waals surface area contributed by atoms with Gasteiger partial charge in [-0.25, -0.2) is 9.97 Å². The number of benzene rings is 8. The normalized spacial score (nSPS) is 14.2. The summed E-state index contributed by atoms with van der Waals surface area (Å²) in [6, 6.07) is 73.9. The van der Waals surface area contributed by atoms with E-state index in [1.807, 2.05) is 12.1 Å². The lowest BCUT2D eigenvalue weighted by Crippen LogP contribution is -2.14. The molecule has 0 saturated heterocycles. The van der Waals surface area contributed by atoms with Crippen LogP contribution in [0.15, 0.2) is 230 Å². The molecule has 1 atom stereocenters. The maximum absolute atomic E-state index is 5.07. The number of hydrogen-bond acceptors (Lipinski definition) is 3. The molecule has 4 nitrogen and oxygen atoms in total. The van der Waals surface area contributed by atoms with E-state index in [-0.39, 0.29) is 0 Å². The third-order valence-electron chi connectivity index (χ3n) is 12.5. The molecule has 1 aliphatic carbocycles. The first kappa shape index (κ1) is 35.8. The predicted molar refractivity (Wildman–Crippen MR) is 257 cm³/mol. The minimum Gasteiger partial charge on any atom is -0.313 e. The Labute approximate surface area is 361 Å². The summed E-state index contributed by atoms with van der Waals surface area (Å²) in [6.07, 6.45) is 7.79. The van der Waals surface area contributed by atoms with Crippen molar-refractivity contribution in [1.29, 1.82) is 0 Å². The molecule has 1 aliphatic heterocycles. The van der Waals surface area contributed by atoms with Crippen LogP contribution in [0.5, 0.6) is 0 Å². The van der Waals surface area contributed by atoms with Crippen molar-refractivity contribution in [2.75, 3.05) is 4.90 Å². The average Bonchev–Trinajstić information content (AvgIpc) is 3.87. The standard InChI is InChI=1S/C58H40N4/c1-4-15-40(16-5-1)52-38-53(41-17-6-2-7-18-41)60-58(59-52)42-29-27-39(28-30-42)44-31-33-51-49-24-11-13-26-55(49)62(57(51)36-44)47-22-14-19-43(35-47)45-32-34-50-48-23-10-12-25-54(48)61(56(50)37-45)46-20-8-3-9-21-46/h1-23,25-38,49H,24H2. The zero-order chi connectivity index (χ0) is 41.0. The van der Waals surface area contributed by atoms with Crippen molar-refractivity contribution < 1.29 is 0 Å². The van der Waals surface area contributed by atoms with Gasteiger partial charge in [-0.15, -0.1) is 0 Å². The van der Waals surface area contributed by atoms with E-state index in [0.717, 1.165) is 51.4 Å². The summed E-state index contributed by atoms with van der Waals surface area (Å²) < 4.78 is 2.39. The number of nitrogens with zero attached hydrogens (tertiary/aromatic N) is 4. The molecule has 12 rings (SSSR count). The first-order valence-electron chi connectivity index (χ1n) is 21.3. The molecule has 2 aromatic heterocycles. The highest BCUT2D eigenvalue weighted by atomic mass is 15.2. The molecule has 0 radical (unpaired) electrons. The zero-order valence-corrected chi connectivity index (χ0v) is 33.9. The summed E-state index contributed by atoms with van der Waals surface area (Å²) in [5.74, 6) is 1.02. The molecule has 8 aromatic carbocycles. The lowest BCUT2D eigenvalue weighted by Gasteiger charge is -2.25. The van der Waals surface area contributed by atoms with Crippen LogP contribution in [0, 0.1) is 0 Å². The smallest absolute Gasteiger partial charge is 0.160 e. The number of allylic oxidation sites excluding steroid dienone is 4. The minimum absolute atomic E-state index is 0.306. The van der Waals surface area contributed by atoms with Gasteiger partial charge in [0.15, 0.2) is 5.82 Å². The number of anilines is 2. The molecule has 0 amide bonds. The van der Waals surface area contributed by atoms with Crippen LogP contribution in [0.3, 0.4) is 0 Å². The van der Waals surface area contributed by atoms with Gasteiger partial charge >= 0.3 is 0 Å². The number of fused-ring (bicyclic) bond motifs is 6. The van der Waals surface area contributed by atoms with Gasteiger partial charge in [0.2, 0.25) is 0 Å². The molecule has 0 bridgehead atoms. The van der Waals surface area contributed by atoms with Crippen LogP contribution in [0.2, 0.25) is 0 Å². The van der Waals surface area contributed by atoms with Gasteiger partial charge in [-0.1, -0.05) is 170 Å². The molecular weight excluding hydrogens is 753 g/mol. The largest absolute Gasteiger partial charge is 0.313 e. The molecule has 0 fully saturated rings. The first-order valence-corrected chi connectivity index (χ1v) is 21.3. The van der Waals surface area contributed by atoms with Crippen molar-refractivity contribution in [3.05, 3.63) is 236 Å². The second-order valence-corrected chi connectivity index (χ2v) is 16.2. The fourth-order valence-electron chi connectivity index (χ4n) is 9.51. The van der Waals surface area contributed by atoms with Gasteiger partial charge in [0, 0.05) is 50.5 Å². The van der Waals surface area contributed by atoms with Crippen LogP contribution >= 0.6 is 0 Å². The number of para-hydroxylation sites is 2. The highest BCUT2D eigenvalue weighted by molar-refractivity contribution is 6.10.